The largest absolute Gasteiger partial charge is 0.350 e. The van der Waals surface area contributed by atoms with Gasteiger partial charge in [-0.3, -0.25) is 4.79 Å². The minimum absolute atomic E-state index is 0.111. The molecule has 0 aliphatic rings. The van der Waals surface area contributed by atoms with Crippen LogP contribution in [0.4, 0.5) is 0 Å². The third kappa shape index (κ3) is 5.93. The zero-order valence-corrected chi connectivity index (χ0v) is 19.7. The summed E-state index contributed by atoms with van der Waals surface area (Å²) < 4.78 is 30.7. The highest BCUT2D eigenvalue weighted by Crippen LogP contribution is 2.20. The van der Waals surface area contributed by atoms with Crippen molar-refractivity contribution in [2.45, 2.75) is 37.1 Å². The lowest BCUT2D eigenvalue weighted by molar-refractivity contribution is -0.121. The van der Waals surface area contributed by atoms with E-state index in [2.05, 4.69) is 15.5 Å². The van der Waals surface area contributed by atoms with Crippen LogP contribution < -0.4 is 5.32 Å². The molecule has 170 valence electrons. The predicted octanol–water partition coefficient (Wildman–Crippen LogP) is 3.84. The van der Waals surface area contributed by atoms with Crippen LogP contribution in [0.25, 0.3) is 11.4 Å². The van der Waals surface area contributed by atoms with E-state index in [0.717, 1.165) is 15.4 Å². The van der Waals surface area contributed by atoms with Gasteiger partial charge < -0.3 is 9.84 Å². The Morgan fingerprint density at radius 3 is 2.41 bits per heavy atom. The van der Waals surface area contributed by atoms with Crippen LogP contribution in [0.15, 0.2) is 57.9 Å². The second-order valence-corrected chi connectivity index (χ2v) is 10.1. The maximum Gasteiger partial charge on any atom is 0.242 e. The number of halogens is 1. The summed E-state index contributed by atoms with van der Waals surface area (Å²) in [5.41, 5.74) is 1.63. The summed E-state index contributed by atoms with van der Waals surface area (Å²) in [5, 5.41) is 7.51. The van der Waals surface area contributed by atoms with Gasteiger partial charge in [-0.1, -0.05) is 28.9 Å². The maximum absolute atomic E-state index is 12.3. The molecule has 2 aromatic carbocycles. The highest BCUT2D eigenvalue weighted by molar-refractivity contribution is 7.89. The summed E-state index contributed by atoms with van der Waals surface area (Å²) in [7, 11) is -0.509. The van der Waals surface area contributed by atoms with Gasteiger partial charge in [-0.25, -0.2) is 12.7 Å². The molecule has 8 nitrogen and oxygen atoms in total. The molecular weight excluding hydrogens is 452 g/mol. The highest BCUT2D eigenvalue weighted by atomic mass is 35.5. The Kier molecular flexibility index (Phi) is 7.65. The Hall–Kier alpha value is -2.75. The average molecular weight is 477 g/mol. The van der Waals surface area contributed by atoms with Crippen LogP contribution in [0.5, 0.6) is 0 Å². The van der Waals surface area contributed by atoms with Gasteiger partial charge in [-0.05, 0) is 55.3 Å². The van der Waals surface area contributed by atoms with Crippen molar-refractivity contribution in [1.29, 1.82) is 0 Å². The molecular formula is C22H25ClN4O4S. The first-order valence-corrected chi connectivity index (χ1v) is 11.9. The maximum atomic E-state index is 12.3. The van der Waals surface area contributed by atoms with Gasteiger partial charge in [-0.15, -0.1) is 0 Å². The van der Waals surface area contributed by atoms with Crippen LogP contribution in [-0.4, -0.2) is 42.9 Å². The van der Waals surface area contributed by atoms with Crippen LogP contribution in [0.1, 0.15) is 37.3 Å². The SMILES string of the molecule is CC(NC(=O)CCCc1nc(-c2ccc(Cl)cc2)no1)c1ccc(S(=O)(=O)N(C)C)cc1. The quantitative estimate of drug-likeness (QED) is 0.503. The van der Waals surface area contributed by atoms with Gasteiger partial charge in [0.2, 0.25) is 27.6 Å². The van der Waals surface area contributed by atoms with Crippen molar-refractivity contribution in [3.8, 4) is 11.4 Å². The molecule has 1 unspecified atom stereocenters. The van der Waals surface area contributed by atoms with Gasteiger partial charge in [0.25, 0.3) is 0 Å². The lowest BCUT2D eigenvalue weighted by atomic mass is 10.1. The molecule has 0 fully saturated rings. The number of nitrogens with zero attached hydrogens (tertiary/aromatic N) is 3. The van der Waals surface area contributed by atoms with Crippen molar-refractivity contribution in [2.75, 3.05) is 14.1 Å². The van der Waals surface area contributed by atoms with Gasteiger partial charge >= 0.3 is 0 Å². The van der Waals surface area contributed by atoms with Gasteiger partial charge in [0.05, 0.1) is 10.9 Å². The molecule has 0 aliphatic carbocycles. The van der Waals surface area contributed by atoms with Gasteiger partial charge in [0.1, 0.15) is 0 Å². The van der Waals surface area contributed by atoms with Crippen molar-refractivity contribution in [3.63, 3.8) is 0 Å². The van der Waals surface area contributed by atoms with Gasteiger partial charge in [0.15, 0.2) is 0 Å². The molecule has 32 heavy (non-hydrogen) atoms. The fourth-order valence-corrected chi connectivity index (χ4v) is 4.04. The molecule has 0 bridgehead atoms. The molecule has 1 aromatic heterocycles. The van der Waals surface area contributed by atoms with Crippen LogP contribution >= 0.6 is 11.6 Å². The molecule has 1 heterocycles. The summed E-state index contributed by atoms with van der Waals surface area (Å²) in [6.07, 6.45) is 1.34. The van der Waals surface area contributed by atoms with E-state index in [9.17, 15) is 13.2 Å². The van der Waals surface area contributed by atoms with E-state index in [0.29, 0.717) is 36.0 Å². The van der Waals surface area contributed by atoms with E-state index < -0.39 is 10.0 Å². The molecule has 3 rings (SSSR count). The number of aryl methyl sites for hydroxylation is 1. The monoisotopic (exact) mass is 476 g/mol. The first kappa shape index (κ1) is 23.9. The number of benzene rings is 2. The van der Waals surface area contributed by atoms with E-state index in [1.54, 1.807) is 36.4 Å². The number of aromatic nitrogens is 2. The molecule has 0 radical (unpaired) electrons. The second-order valence-electron chi connectivity index (χ2n) is 7.52. The summed E-state index contributed by atoms with van der Waals surface area (Å²) in [6.45, 7) is 1.85. The zero-order chi connectivity index (χ0) is 23.3. The van der Waals surface area contributed by atoms with E-state index >= 15 is 0 Å². The average Bonchev–Trinajstić information content (AvgIpc) is 3.23. The van der Waals surface area contributed by atoms with E-state index in [-0.39, 0.29) is 16.8 Å². The van der Waals surface area contributed by atoms with Crippen molar-refractivity contribution in [1.82, 2.24) is 19.8 Å². The van der Waals surface area contributed by atoms with Crippen molar-refractivity contribution in [2.24, 2.45) is 0 Å². The Balaban J connectivity index is 1.48. The smallest absolute Gasteiger partial charge is 0.242 e. The summed E-state index contributed by atoms with van der Waals surface area (Å²) in [5.74, 6) is 0.836. The lowest BCUT2D eigenvalue weighted by Crippen LogP contribution is -2.26. The van der Waals surface area contributed by atoms with Crippen molar-refractivity contribution >= 4 is 27.5 Å². The fourth-order valence-electron chi connectivity index (χ4n) is 3.01. The molecule has 3 aromatic rings. The number of amides is 1. The number of rotatable bonds is 9. The number of carbonyl (C=O) groups is 1. The third-order valence-electron chi connectivity index (χ3n) is 4.90. The lowest BCUT2D eigenvalue weighted by Gasteiger charge is -2.16. The number of nitrogens with one attached hydrogen (secondary N) is 1. The van der Waals surface area contributed by atoms with Crippen molar-refractivity contribution in [3.05, 3.63) is 65.0 Å². The molecule has 1 atom stereocenters. The van der Waals surface area contributed by atoms with Crippen LogP contribution in [0, 0.1) is 0 Å². The standard InChI is InChI=1S/C22H25ClN4O4S/c1-15(16-9-13-19(14-10-16)32(29,30)27(2)3)24-20(28)5-4-6-21-25-22(26-31-21)17-7-11-18(23)12-8-17/h7-15H,4-6H2,1-3H3,(H,24,28). The third-order valence-corrected chi connectivity index (χ3v) is 6.98. The Bertz CT molecular complexity index is 1160. The minimum atomic E-state index is -3.48. The summed E-state index contributed by atoms with van der Waals surface area (Å²) in [6, 6.07) is 13.4. The molecule has 0 aliphatic heterocycles. The number of carbonyl (C=O) groups excluding carboxylic acids is 1. The Morgan fingerprint density at radius 1 is 1.12 bits per heavy atom. The van der Waals surface area contributed by atoms with Crippen LogP contribution in [-0.2, 0) is 21.2 Å². The fraction of sp³-hybridized carbons (Fsp3) is 0.318. The molecule has 0 spiro atoms. The van der Waals surface area contributed by atoms with E-state index in [4.69, 9.17) is 16.1 Å². The summed E-state index contributed by atoms with van der Waals surface area (Å²) in [4.78, 5) is 16.9. The van der Waals surface area contributed by atoms with Crippen LogP contribution in [0.2, 0.25) is 5.02 Å². The van der Waals surface area contributed by atoms with E-state index in [1.165, 1.54) is 14.1 Å². The number of sulfonamides is 1. The summed E-state index contributed by atoms with van der Waals surface area (Å²) >= 11 is 5.89. The Morgan fingerprint density at radius 2 is 1.78 bits per heavy atom. The Labute approximate surface area is 192 Å². The minimum Gasteiger partial charge on any atom is -0.350 e. The number of hydrogen-bond donors (Lipinski definition) is 1. The van der Waals surface area contributed by atoms with Gasteiger partial charge in [0, 0.05) is 37.5 Å². The van der Waals surface area contributed by atoms with E-state index in [1.807, 2.05) is 19.1 Å². The molecule has 10 heteroatoms. The predicted molar refractivity (Wildman–Crippen MR) is 122 cm³/mol. The number of hydrogen-bond acceptors (Lipinski definition) is 6. The second kappa shape index (κ2) is 10.2. The molecule has 0 saturated heterocycles. The van der Waals surface area contributed by atoms with Gasteiger partial charge in [-0.2, -0.15) is 4.98 Å². The first-order valence-electron chi connectivity index (χ1n) is 10.1. The zero-order valence-electron chi connectivity index (χ0n) is 18.1. The van der Waals surface area contributed by atoms with Crippen molar-refractivity contribution < 1.29 is 17.7 Å². The molecule has 0 saturated carbocycles. The topological polar surface area (TPSA) is 105 Å². The highest BCUT2D eigenvalue weighted by Gasteiger charge is 2.18. The first-order chi connectivity index (χ1) is 15.2. The molecule has 1 amide bonds. The van der Waals surface area contributed by atoms with Crippen LogP contribution in [0.3, 0.4) is 0 Å². The normalized spacial score (nSPS) is 12.7. The molecule has 1 N–H and O–H groups in total.